The third-order valence-electron chi connectivity index (χ3n) is 2.54. The highest BCUT2D eigenvalue weighted by Crippen LogP contribution is 2.25. The number of hydrogen-bond donors (Lipinski definition) is 1. The van der Waals surface area contributed by atoms with Crippen molar-refractivity contribution in [3.63, 3.8) is 0 Å². The summed E-state index contributed by atoms with van der Waals surface area (Å²) in [5, 5.41) is 14.4. The van der Waals surface area contributed by atoms with Crippen LogP contribution in [0.15, 0.2) is 35.1 Å². The predicted octanol–water partition coefficient (Wildman–Crippen LogP) is 2.59. The summed E-state index contributed by atoms with van der Waals surface area (Å²) in [6, 6.07) is 6.59. The number of hydrogen-bond acceptors (Lipinski definition) is 5. The van der Waals surface area contributed by atoms with Crippen molar-refractivity contribution in [1.82, 2.24) is 5.16 Å². The summed E-state index contributed by atoms with van der Waals surface area (Å²) < 4.78 is 9.60. The molecule has 1 atom stereocenters. The lowest BCUT2D eigenvalue weighted by molar-refractivity contribution is 0.0520. The Morgan fingerprint density at radius 2 is 2.16 bits per heavy atom. The largest absolute Gasteiger partial charge is 0.462 e. The van der Waals surface area contributed by atoms with E-state index in [1.807, 2.05) is 0 Å². The number of aliphatic hydroxyl groups excluding tert-OH is 1. The minimum absolute atomic E-state index is 0.115. The van der Waals surface area contributed by atoms with Crippen LogP contribution in [0.3, 0.4) is 0 Å². The van der Waals surface area contributed by atoms with E-state index in [1.165, 1.54) is 0 Å². The van der Waals surface area contributed by atoms with E-state index in [1.54, 1.807) is 31.2 Å². The Labute approximate surface area is 114 Å². The van der Waals surface area contributed by atoms with Gasteiger partial charge in [-0.1, -0.05) is 28.9 Å². The fraction of sp³-hybridized carbons (Fsp3) is 0.231. The second-order valence-corrected chi connectivity index (χ2v) is 4.22. The Balaban J connectivity index is 2.29. The number of nitrogens with zero attached hydrogens (tertiary/aromatic N) is 1. The molecule has 0 spiro atoms. The zero-order valence-corrected chi connectivity index (χ0v) is 10.9. The van der Waals surface area contributed by atoms with Crippen LogP contribution < -0.4 is 0 Å². The molecule has 0 amide bonds. The van der Waals surface area contributed by atoms with E-state index in [9.17, 15) is 9.90 Å². The Hall–Kier alpha value is -1.85. The molecule has 1 heterocycles. The molecule has 2 rings (SSSR count). The summed E-state index contributed by atoms with van der Waals surface area (Å²) in [7, 11) is 0. The monoisotopic (exact) mass is 281 g/mol. The van der Waals surface area contributed by atoms with Crippen LogP contribution in [-0.4, -0.2) is 22.8 Å². The topological polar surface area (TPSA) is 72.6 Å². The average Bonchev–Trinajstić information content (AvgIpc) is 2.88. The lowest BCUT2D eigenvalue weighted by atomic mass is 10.0. The molecule has 1 aromatic carbocycles. The molecule has 0 saturated carbocycles. The van der Waals surface area contributed by atoms with Crippen LogP contribution in [0.5, 0.6) is 0 Å². The molecule has 6 heteroatoms. The molecule has 0 aliphatic carbocycles. The highest BCUT2D eigenvalue weighted by molar-refractivity contribution is 6.30. The van der Waals surface area contributed by atoms with E-state index in [0.717, 1.165) is 6.26 Å². The number of rotatable bonds is 4. The van der Waals surface area contributed by atoms with Gasteiger partial charge in [0.25, 0.3) is 0 Å². The van der Waals surface area contributed by atoms with Crippen molar-refractivity contribution in [2.45, 2.75) is 13.0 Å². The van der Waals surface area contributed by atoms with Gasteiger partial charge in [-0.25, -0.2) is 4.79 Å². The summed E-state index contributed by atoms with van der Waals surface area (Å²) >= 11 is 5.77. The molecule has 0 saturated heterocycles. The summed E-state index contributed by atoms with van der Waals surface area (Å²) in [5.74, 6) is -0.577. The van der Waals surface area contributed by atoms with E-state index in [2.05, 4.69) is 5.16 Å². The van der Waals surface area contributed by atoms with Gasteiger partial charge < -0.3 is 14.4 Å². The first-order valence-electron chi connectivity index (χ1n) is 5.68. The third kappa shape index (κ3) is 2.94. The fourth-order valence-corrected chi connectivity index (χ4v) is 1.73. The van der Waals surface area contributed by atoms with Crippen LogP contribution in [0.2, 0.25) is 5.02 Å². The molecule has 1 N–H and O–H groups in total. The van der Waals surface area contributed by atoms with Crippen LogP contribution in [0.25, 0.3) is 0 Å². The van der Waals surface area contributed by atoms with Crippen LogP contribution >= 0.6 is 11.6 Å². The lowest BCUT2D eigenvalue weighted by Crippen LogP contribution is -2.10. The molecule has 2 aromatic rings. The van der Waals surface area contributed by atoms with Crippen LogP contribution in [0.1, 0.15) is 34.6 Å². The number of aliphatic hydroxyl groups is 1. The Morgan fingerprint density at radius 1 is 1.47 bits per heavy atom. The predicted molar refractivity (Wildman–Crippen MR) is 68.0 cm³/mol. The molecule has 5 nitrogen and oxygen atoms in total. The minimum atomic E-state index is -1.07. The summed E-state index contributed by atoms with van der Waals surface area (Å²) in [5.41, 5.74) is 0.800. The third-order valence-corrected chi connectivity index (χ3v) is 2.79. The summed E-state index contributed by atoms with van der Waals surface area (Å²) in [6.07, 6.45) is 0.0855. The van der Waals surface area contributed by atoms with E-state index in [-0.39, 0.29) is 17.9 Å². The molecule has 100 valence electrons. The van der Waals surface area contributed by atoms with E-state index in [0.29, 0.717) is 10.6 Å². The smallest absolute Gasteiger partial charge is 0.343 e. The summed E-state index contributed by atoms with van der Waals surface area (Å²) in [6.45, 7) is 1.93. The van der Waals surface area contributed by atoms with Gasteiger partial charge in [0, 0.05) is 5.02 Å². The van der Waals surface area contributed by atoms with E-state index in [4.69, 9.17) is 20.9 Å². The van der Waals surface area contributed by atoms with Gasteiger partial charge in [-0.05, 0) is 24.6 Å². The maximum absolute atomic E-state index is 11.7. The number of ether oxygens (including phenoxy) is 1. The van der Waals surface area contributed by atoms with Crippen molar-refractivity contribution in [2.24, 2.45) is 0 Å². The first-order valence-corrected chi connectivity index (χ1v) is 6.06. The number of aromatic nitrogens is 1. The van der Waals surface area contributed by atoms with Crippen LogP contribution in [-0.2, 0) is 4.74 Å². The van der Waals surface area contributed by atoms with E-state index >= 15 is 0 Å². The normalized spacial score (nSPS) is 12.2. The van der Waals surface area contributed by atoms with Gasteiger partial charge in [-0.15, -0.1) is 0 Å². The van der Waals surface area contributed by atoms with Crippen molar-refractivity contribution >= 4 is 17.6 Å². The maximum atomic E-state index is 11.7. The second-order valence-electron chi connectivity index (χ2n) is 3.79. The molecule has 0 radical (unpaired) electrons. The quantitative estimate of drug-likeness (QED) is 0.872. The van der Waals surface area contributed by atoms with Gasteiger partial charge in [0.05, 0.1) is 6.61 Å². The first kappa shape index (κ1) is 13.6. The number of carbonyl (C=O) groups is 1. The van der Waals surface area contributed by atoms with Crippen molar-refractivity contribution in [2.75, 3.05) is 6.61 Å². The summed E-state index contributed by atoms with van der Waals surface area (Å²) in [4.78, 5) is 11.7. The maximum Gasteiger partial charge on any atom is 0.343 e. The Morgan fingerprint density at radius 3 is 2.79 bits per heavy atom. The SMILES string of the molecule is CCOC(=O)c1conc1C(O)c1ccc(Cl)cc1. The van der Waals surface area contributed by atoms with Crippen molar-refractivity contribution in [3.8, 4) is 0 Å². The van der Waals surface area contributed by atoms with Crippen LogP contribution in [0.4, 0.5) is 0 Å². The van der Waals surface area contributed by atoms with Gasteiger partial charge in [0.2, 0.25) is 0 Å². The molecule has 1 aromatic heterocycles. The molecule has 0 aliphatic rings. The second kappa shape index (κ2) is 5.86. The molecule has 0 fully saturated rings. The average molecular weight is 282 g/mol. The molecular weight excluding hydrogens is 270 g/mol. The van der Waals surface area contributed by atoms with Gasteiger partial charge >= 0.3 is 5.97 Å². The minimum Gasteiger partial charge on any atom is -0.462 e. The molecule has 19 heavy (non-hydrogen) atoms. The van der Waals surface area contributed by atoms with Gasteiger partial charge in [0.1, 0.15) is 23.6 Å². The van der Waals surface area contributed by atoms with Gasteiger partial charge in [0.15, 0.2) is 0 Å². The highest BCUT2D eigenvalue weighted by Gasteiger charge is 2.24. The van der Waals surface area contributed by atoms with Crippen molar-refractivity contribution in [1.29, 1.82) is 0 Å². The van der Waals surface area contributed by atoms with Crippen molar-refractivity contribution in [3.05, 3.63) is 52.4 Å². The number of benzene rings is 1. The fourth-order valence-electron chi connectivity index (χ4n) is 1.61. The zero-order valence-electron chi connectivity index (χ0n) is 10.2. The van der Waals surface area contributed by atoms with Crippen LogP contribution in [0, 0.1) is 0 Å². The molecule has 0 aliphatic heterocycles. The Kier molecular flexibility index (Phi) is 4.19. The number of halogens is 1. The van der Waals surface area contributed by atoms with Gasteiger partial charge in [-0.3, -0.25) is 0 Å². The molecule has 0 bridgehead atoms. The van der Waals surface area contributed by atoms with E-state index < -0.39 is 12.1 Å². The lowest BCUT2D eigenvalue weighted by Gasteiger charge is -2.09. The number of carbonyl (C=O) groups excluding carboxylic acids is 1. The first-order chi connectivity index (χ1) is 9.13. The highest BCUT2D eigenvalue weighted by atomic mass is 35.5. The standard InChI is InChI=1S/C13H12ClNO4/c1-2-18-13(17)10-7-19-15-11(10)12(16)8-3-5-9(14)6-4-8/h3-7,12,16H,2H2,1H3. The molecule has 1 unspecified atom stereocenters. The zero-order chi connectivity index (χ0) is 13.8. The number of esters is 1. The molecular formula is C13H12ClNO4. The van der Waals surface area contributed by atoms with Gasteiger partial charge in [-0.2, -0.15) is 0 Å². The van der Waals surface area contributed by atoms with Crippen molar-refractivity contribution < 1.29 is 19.2 Å². The Bertz CT molecular complexity index is 564.